The Kier molecular flexibility index (Phi) is 5.81. The van der Waals surface area contributed by atoms with Gasteiger partial charge in [-0.05, 0) is 49.5 Å². The van der Waals surface area contributed by atoms with Crippen molar-refractivity contribution in [3.05, 3.63) is 29.8 Å². The van der Waals surface area contributed by atoms with Gasteiger partial charge in [0.25, 0.3) is 0 Å². The van der Waals surface area contributed by atoms with Crippen molar-refractivity contribution in [2.45, 2.75) is 25.8 Å². The van der Waals surface area contributed by atoms with Crippen LogP contribution >= 0.6 is 11.8 Å². The summed E-state index contributed by atoms with van der Waals surface area (Å²) in [5.74, 6) is 1.12. The predicted octanol–water partition coefficient (Wildman–Crippen LogP) is 3.44. The number of nitrogens with one attached hydrogen (secondary N) is 1. The Morgan fingerprint density at radius 2 is 2.31 bits per heavy atom. The van der Waals surface area contributed by atoms with Crippen molar-refractivity contribution < 1.29 is 0 Å². The number of thioether (sulfide) groups is 1. The third kappa shape index (κ3) is 4.59. The number of nitrogens with zero attached hydrogens (tertiary/aromatic N) is 1. The van der Waals surface area contributed by atoms with Crippen LogP contribution in [0.15, 0.2) is 24.3 Å². The average Bonchev–Trinajstić information content (AvgIpc) is 2.28. The summed E-state index contributed by atoms with van der Waals surface area (Å²) in [6.45, 7) is 2.06. The van der Waals surface area contributed by atoms with Crippen LogP contribution in [0.25, 0.3) is 0 Å². The van der Waals surface area contributed by atoms with Gasteiger partial charge in [-0.3, -0.25) is 0 Å². The summed E-state index contributed by atoms with van der Waals surface area (Å²) in [6.07, 6.45) is 4.08. The van der Waals surface area contributed by atoms with E-state index in [9.17, 15) is 0 Å². The summed E-state index contributed by atoms with van der Waals surface area (Å²) in [5.41, 5.74) is 2.25. The van der Waals surface area contributed by atoms with Gasteiger partial charge in [0.1, 0.15) is 6.04 Å². The Morgan fingerprint density at radius 1 is 1.50 bits per heavy atom. The molecule has 1 aromatic rings. The molecular formula is C13H18N2S. The quantitative estimate of drug-likeness (QED) is 0.766. The fourth-order valence-corrected chi connectivity index (χ4v) is 1.99. The van der Waals surface area contributed by atoms with Gasteiger partial charge in [0.2, 0.25) is 0 Å². The highest BCUT2D eigenvalue weighted by Crippen LogP contribution is 2.13. The maximum absolute atomic E-state index is 9.04. The number of rotatable bonds is 6. The normalized spacial score (nSPS) is 11.8. The van der Waals surface area contributed by atoms with Crippen molar-refractivity contribution in [2.75, 3.05) is 17.3 Å². The summed E-state index contributed by atoms with van der Waals surface area (Å²) < 4.78 is 0. The molecule has 86 valence electrons. The van der Waals surface area contributed by atoms with E-state index >= 15 is 0 Å². The molecule has 1 rings (SSSR count). The molecule has 0 heterocycles. The molecule has 0 saturated heterocycles. The first-order valence-corrected chi connectivity index (χ1v) is 6.87. The van der Waals surface area contributed by atoms with Crippen LogP contribution in [0.4, 0.5) is 5.69 Å². The van der Waals surface area contributed by atoms with Gasteiger partial charge < -0.3 is 5.32 Å². The average molecular weight is 234 g/mol. The molecule has 0 bridgehead atoms. The molecule has 1 aromatic carbocycles. The molecule has 0 aliphatic carbocycles. The van der Waals surface area contributed by atoms with Crippen LogP contribution < -0.4 is 5.32 Å². The summed E-state index contributed by atoms with van der Waals surface area (Å²) in [7, 11) is 0. The summed E-state index contributed by atoms with van der Waals surface area (Å²) >= 11 is 1.83. The topological polar surface area (TPSA) is 35.8 Å². The van der Waals surface area contributed by atoms with Crippen LogP contribution in [0, 0.1) is 18.3 Å². The molecule has 0 fully saturated rings. The van der Waals surface area contributed by atoms with Gasteiger partial charge in [-0.1, -0.05) is 12.1 Å². The minimum Gasteiger partial charge on any atom is -0.370 e. The molecule has 0 aromatic heterocycles. The van der Waals surface area contributed by atoms with Gasteiger partial charge >= 0.3 is 0 Å². The van der Waals surface area contributed by atoms with Gasteiger partial charge in [-0.2, -0.15) is 17.0 Å². The summed E-state index contributed by atoms with van der Waals surface area (Å²) in [6, 6.07) is 10.4. The van der Waals surface area contributed by atoms with Crippen LogP contribution in [-0.4, -0.2) is 18.1 Å². The SMILES string of the molecule is CSCCCC(C#N)Nc1cccc(C)c1. The second-order valence-electron chi connectivity index (χ2n) is 3.83. The number of anilines is 1. The number of nitriles is 1. The maximum atomic E-state index is 9.04. The van der Waals surface area contributed by atoms with Gasteiger partial charge in [0.15, 0.2) is 0 Å². The van der Waals surface area contributed by atoms with Crippen molar-refractivity contribution in [3.63, 3.8) is 0 Å². The van der Waals surface area contributed by atoms with Crippen LogP contribution in [0.1, 0.15) is 18.4 Å². The molecule has 0 spiro atoms. The molecule has 0 amide bonds. The van der Waals surface area contributed by atoms with Crippen molar-refractivity contribution in [2.24, 2.45) is 0 Å². The van der Waals surface area contributed by atoms with Gasteiger partial charge in [-0.15, -0.1) is 0 Å². The van der Waals surface area contributed by atoms with Gasteiger partial charge in [0.05, 0.1) is 6.07 Å². The zero-order valence-electron chi connectivity index (χ0n) is 9.86. The fraction of sp³-hybridized carbons (Fsp3) is 0.462. The van der Waals surface area contributed by atoms with E-state index < -0.39 is 0 Å². The smallest absolute Gasteiger partial charge is 0.114 e. The van der Waals surface area contributed by atoms with E-state index in [0.717, 1.165) is 24.3 Å². The van der Waals surface area contributed by atoms with E-state index in [4.69, 9.17) is 5.26 Å². The molecule has 0 aliphatic heterocycles. The maximum Gasteiger partial charge on any atom is 0.114 e. The van der Waals surface area contributed by atoms with Gasteiger partial charge in [-0.25, -0.2) is 0 Å². The van der Waals surface area contributed by atoms with E-state index in [2.05, 4.69) is 36.7 Å². The minimum atomic E-state index is -0.0750. The van der Waals surface area contributed by atoms with Crippen molar-refractivity contribution >= 4 is 17.4 Å². The number of hydrogen-bond donors (Lipinski definition) is 1. The molecule has 0 saturated carbocycles. The van der Waals surface area contributed by atoms with Crippen LogP contribution in [-0.2, 0) is 0 Å². The zero-order chi connectivity index (χ0) is 11.8. The lowest BCUT2D eigenvalue weighted by Crippen LogP contribution is -2.17. The minimum absolute atomic E-state index is 0.0750. The Hall–Kier alpha value is -1.14. The van der Waals surface area contributed by atoms with E-state index in [1.807, 2.05) is 23.9 Å². The second kappa shape index (κ2) is 7.19. The lowest BCUT2D eigenvalue weighted by molar-refractivity contribution is 0.755. The van der Waals surface area contributed by atoms with Crippen molar-refractivity contribution in [1.82, 2.24) is 0 Å². The second-order valence-corrected chi connectivity index (χ2v) is 4.82. The van der Waals surface area contributed by atoms with E-state index in [-0.39, 0.29) is 6.04 Å². The Morgan fingerprint density at radius 3 is 2.94 bits per heavy atom. The molecule has 16 heavy (non-hydrogen) atoms. The monoisotopic (exact) mass is 234 g/mol. The molecule has 2 nitrogen and oxygen atoms in total. The van der Waals surface area contributed by atoms with Crippen LogP contribution in [0.5, 0.6) is 0 Å². The third-order valence-electron chi connectivity index (χ3n) is 2.36. The molecule has 1 N–H and O–H groups in total. The number of aryl methyl sites for hydroxylation is 1. The van der Waals surface area contributed by atoms with Crippen molar-refractivity contribution in [3.8, 4) is 6.07 Å². The molecule has 1 atom stereocenters. The predicted molar refractivity (Wildman–Crippen MR) is 71.8 cm³/mol. The Labute approximate surface area is 102 Å². The molecular weight excluding hydrogens is 216 g/mol. The lowest BCUT2D eigenvalue weighted by Gasteiger charge is -2.12. The first kappa shape index (κ1) is 12.9. The molecule has 1 unspecified atom stereocenters. The standard InChI is InChI=1S/C13H18N2S/c1-11-5-3-6-12(9-11)15-13(10-14)7-4-8-16-2/h3,5-6,9,13,15H,4,7-8H2,1-2H3. The number of hydrogen-bond acceptors (Lipinski definition) is 3. The Balaban J connectivity index is 2.47. The first-order valence-electron chi connectivity index (χ1n) is 5.48. The number of benzene rings is 1. The van der Waals surface area contributed by atoms with Gasteiger partial charge in [0, 0.05) is 5.69 Å². The molecule has 0 aliphatic rings. The highest BCUT2D eigenvalue weighted by Gasteiger charge is 2.06. The third-order valence-corrected chi connectivity index (χ3v) is 3.05. The highest BCUT2D eigenvalue weighted by atomic mass is 32.2. The highest BCUT2D eigenvalue weighted by molar-refractivity contribution is 7.98. The zero-order valence-corrected chi connectivity index (χ0v) is 10.7. The Bertz CT molecular complexity index is 357. The van der Waals surface area contributed by atoms with E-state index in [0.29, 0.717) is 0 Å². The van der Waals surface area contributed by atoms with Crippen molar-refractivity contribution in [1.29, 1.82) is 5.26 Å². The summed E-state index contributed by atoms with van der Waals surface area (Å²) in [4.78, 5) is 0. The fourth-order valence-electron chi connectivity index (χ4n) is 1.54. The first-order chi connectivity index (χ1) is 7.76. The van der Waals surface area contributed by atoms with E-state index in [1.165, 1.54) is 5.56 Å². The summed E-state index contributed by atoms with van der Waals surface area (Å²) in [5, 5.41) is 12.3. The van der Waals surface area contributed by atoms with E-state index in [1.54, 1.807) is 0 Å². The molecule has 0 radical (unpaired) electrons. The van der Waals surface area contributed by atoms with Crippen LogP contribution in [0.2, 0.25) is 0 Å². The lowest BCUT2D eigenvalue weighted by atomic mass is 10.1. The largest absolute Gasteiger partial charge is 0.370 e. The molecule has 3 heteroatoms. The van der Waals surface area contributed by atoms with Crippen LogP contribution in [0.3, 0.4) is 0 Å².